The number of likely N-dealkylation sites (N-methyl/N-ethyl adjacent to an activating group) is 1. The van der Waals surface area contributed by atoms with Gasteiger partial charge in [-0.3, -0.25) is 0 Å². The van der Waals surface area contributed by atoms with E-state index in [-0.39, 0.29) is 0 Å². The zero-order valence-electron chi connectivity index (χ0n) is 11.1. The summed E-state index contributed by atoms with van der Waals surface area (Å²) < 4.78 is 5.46. The SMILES string of the molecule is CC(C)NCc1ccc(OCCN(C)C)nn1. The first-order valence-electron chi connectivity index (χ1n) is 5.91. The molecular weight excluding hydrogens is 216 g/mol. The van der Waals surface area contributed by atoms with Gasteiger partial charge < -0.3 is 15.0 Å². The van der Waals surface area contributed by atoms with E-state index in [1.54, 1.807) is 0 Å². The molecule has 17 heavy (non-hydrogen) atoms. The number of aromatic nitrogens is 2. The quantitative estimate of drug-likeness (QED) is 0.765. The average Bonchev–Trinajstić information content (AvgIpc) is 2.27. The Balaban J connectivity index is 2.34. The van der Waals surface area contributed by atoms with Gasteiger partial charge in [0.2, 0.25) is 5.88 Å². The fourth-order valence-electron chi connectivity index (χ4n) is 1.16. The summed E-state index contributed by atoms with van der Waals surface area (Å²) in [5.74, 6) is 0.583. The molecule has 1 rings (SSSR count). The second-order valence-corrected chi connectivity index (χ2v) is 4.55. The second kappa shape index (κ2) is 7.19. The van der Waals surface area contributed by atoms with Gasteiger partial charge >= 0.3 is 0 Å². The van der Waals surface area contributed by atoms with Crippen LogP contribution in [0.5, 0.6) is 5.88 Å². The van der Waals surface area contributed by atoms with E-state index in [0.29, 0.717) is 18.5 Å². The van der Waals surface area contributed by atoms with Crippen molar-refractivity contribution in [1.82, 2.24) is 20.4 Å². The number of nitrogens with one attached hydrogen (secondary N) is 1. The Morgan fingerprint density at radius 2 is 2.06 bits per heavy atom. The van der Waals surface area contributed by atoms with E-state index in [0.717, 1.165) is 18.8 Å². The molecule has 1 N–H and O–H groups in total. The van der Waals surface area contributed by atoms with Crippen LogP contribution in [-0.4, -0.2) is 48.4 Å². The molecule has 1 aromatic heterocycles. The molecule has 5 heteroatoms. The highest BCUT2D eigenvalue weighted by molar-refractivity contribution is 5.11. The lowest BCUT2D eigenvalue weighted by molar-refractivity contribution is 0.251. The molecule has 1 aromatic rings. The molecule has 1 heterocycles. The maximum absolute atomic E-state index is 5.46. The molecular formula is C12H22N4O. The van der Waals surface area contributed by atoms with Gasteiger partial charge in [-0.25, -0.2) is 0 Å². The summed E-state index contributed by atoms with van der Waals surface area (Å²) in [5.41, 5.74) is 0.929. The average molecular weight is 238 g/mol. The lowest BCUT2D eigenvalue weighted by Crippen LogP contribution is -2.22. The first kappa shape index (κ1) is 13.9. The smallest absolute Gasteiger partial charge is 0.233 e. The molecule has 0 fully saturated rings. The predicted octanol–water partition coefficient (Wildman–Crippen LogP) is 0.915. The van der Waals surface area contributed by atoms with Crippen LogP contribution in [0.3, 0.4) is 0 Å². The zero-order chi connectivity index (χ0) is 12.7. The van der Waals surface area contributed by atoms with Crippen LogP contribution in [0.2, 0.25) is 0 Å². The Bertz CT molecular complexity index is 311. The van der Waals surface area contributed by atoms with Crippen molar-refractivity contribution in [1.29, 1.82) is 0 Å². The Morgan fingerprint density at radius 3 is 2.59 bits per heavy atom. The van der Waals surface area contributed by atoms with Gasteiger partial charge in [0.15, 0.2) is 0 Å². The fourth-order valence-corrected chi connectivity index (χ4v) is 1.16. The maximum Gasteiger partial charge on any atom is 0.233 e. The normalized spacial score (nSPS) is 11.2. The molecule has 0 atom stereocenters. The fraction of sp³-hybridized carbons (Fsp3) is 0.667. The Hall–Kier alpha value is -1.20. The number of nitrogens with zero attached hydrogens (tertiary/aromatic N) is 3. The minimum atomic E-state index is 0.452. The van der Waals surface area contributed by atoms with Crippen molar-refractivity contribution in [3.05, 3.63) is 17.8 Å². The number of hydrogen-bond acceptors (Lipinski definition) is 5. The molecule has 0 aromatic carbocycles. The molecule has 0 saturated heterocycles. The first-order valence-corrected chi connectivity index (χ1v) is 5.91. The van der Waals surface area contributed by atoms with Crippen LogP contribution >= 0.6 is 0 Å². The van der Waals surface area contributed by atoms with Gasteiger partial charge in [0, 0.05) is 25.2 Å². The van der Waals surface area contributed by atoms with E-state index >= 15 is 0 Å². The van der Waals surface area contributed by atoms with E-state index in [2.05, 4.69) is 34.3 Å². The summed E-state index contributed by atoms with van der Waals surface area (Å²) in [6, 6.07) is 4.25. The van der Waals surface area contributed by atoms with Crippen molar-refractivity contribution >= 4 is 0 Å². The van der Waals surface area contributed by atoms with E-state index in [9.17, 15) is 0 Å². The van der Waals surface area contributed by atoms with Crippen molar-refractivity contribution in [2.75, 3.05) is 27.2 Å². The number of hydrogen-bond donors (Lipinski definition) is 1. The standard InChI is InChI=1S/C12H22N4O/c1-10(2)13-9-11-5-6-12(15-14-11)17-8-7-16(3)4/h5-6,10,13H,7-9H2,1-4H3. The molecule has 96 valence electrons. The minimum Gasteiger partial charge on any atom is -0.475 e. The van der Waals surface area contributed by atoms with Crippen LogP contribution in [0.4, 0.5) is 0 Å². The van der Waals surface area contributed by atoms with Crippen molar-refractivity contribution in [3.63, 3.8) is 0 Å². The van der Waals surface area contributed by atoms with Gasteiger partial charge in [-0.1, -0.05) is 13.8 Å². The Kier molecular flexibility index (Phi) is 5.86. The summed E-state index contributed by atoms with van der Waals surface area (Å²) >= 11 is 0. The summed E-state index contributed by atoms with van der Waals surface area (Å²) in [6.07, 6.45) is 0. The van der Waals surface area contributed by atoms with Crippen molar-refractivity contribution < 1.29 is 4.74 Å². The molecule has 0 spiro atoms. The predicted molar refractivity (Wildman–Crippen MR) is 68.1 cm³/mol. The van der Waals surface area contributed by atoms with Crippen LogP contribution in [-0.2, 0) is 6.54 Å². The van der Waals surface area contributed by atoms with Gasteiger partial charge in [0.1, 0.15) is 6.61 Å². The summed E-state index contributed by atoms with van der Waals surface area (Å²) in [5, 5.41) is 11.4. The van der Waals surface area contributed by atoms with Crippen LogP contribution in [0.1, 0.15) is 19.5 Å². The lowest BCUT2D eigenvalue weighted by Gasteiger charge is -2.10. The van der Waals surface area contributed by atoms with Gasteiger partial charge in [-0.05, 0) is 20.2 Å². The van der Waals surface area contributed by atoms with Crippen molar-refractivity contribution in [2.45, 2.75) is 26.4 Å². The van der Waals surface area contributed by atoms with Gasteiger partial charge in [0.05, 0.1) is 5.69 Å². The van der Waals surface area contributed by atoms with Crippen LogP contribution in [0.15, 0.2) is 12.1 Å². The molecule has 5 nitrogen and oxygen atoms in total. The summed E-state index contributed by atoms with van der Waals surface area (Å²) in [6.45, 7) is 6.45. The third-order valence-electron chi connectivity index (χ3n) is 2.18. The molecule has 0 unspecified atom stereocenters. The van der Waals surface area contributed by atoms with Crippen molar-refractivity contribution in [3.8, 4) is 5.88 Å². The van der Waals surface area contributed by atoms with Gasteiger partial charge in [-0.15, -0.1) is 5.10 Å². The molecule has 0 saturated carbocycles. The first-order chi connectivity index (χ1) is 8.08. The van der Waals surface area contributed by atoms with Gasteiger partial charge in [-0.2, -0.15) is 5.10 Å². The molecule has 0 aliphatic carbocycles. The van der Waals surface area contributed by atoms with E-state index in [1.807, 2.05) is 26.2 Å². The summed E-state index contributed by atoms with van der Waals surface area (Å²) in [7, 11) is 4.02. The molecule has 0 amide bonds. The van der Waals surface area contributed by atoms with Gasteiger partial charge in [0.25, 0.3) is 0 Å². The van der Waals surface area contributed by atoms with E-state index in [1.165, 1.54) is 0 Å². The topological polar surface area (TPSA) is 50.3 Å². The van der Waals surface area contributed by atoms with E-state index < -0.39 is 0 Å². The highest BCUT2D eigenvalue weighted by Crippen LogP contribution is 2.04. The molecule has 0 bridgehead atoms. The largest absolute Gasteiger partial charge is 0.475 e. The second-order valence-electron chi connectivity index (χ2n) is 4.55. The van der Waals surface area contributed by atoms with Crippen molar-refractivity contribution in [2.24, 2.45) is 0 Å². The minimum absolute atomic E-state index is 0.452. The lowest BCUT2D eigenvalue weighted by atomic mass is 10.3. The highest BCUT2D eigenvalue weighted by Gasteiger charge is 2.00. The monoisotopic (exact) mass is 238 g/mol. The molecule has 0 aliphatic heterocycles. The van der Waals surface area contributed by atoms with Crippen LogP contribution in [0.25, 0.3) is 0 Å². The number of rotatable bonds is 7. The molecule has 0 radical (unpaired) electrons. The zero-order valence-corrected chi connectivity index (χ0v) is 11.1. The third kappa shape index (κ3) is 6.19. The highest BCUT2D eigenvalue weighted by atomic mass is 16.5. The third-order valence-corrected chi connectivity index (χ3v) is 2.18. The summed E-state index contributed by atoms with van der Waals surface area (Å²) in [4.78, 5) is 2.06. The molecule has 0 aliphatic rings. The Labute approximate surface area is 103 Å². The maximum atomic E-state index is 5.46. The number of ether oxygens (including phenoxy) is 1. The van der Waals surface area contributed by atoms with Crippen LogP contribution < -0.4 is 10.1 Å². The Morgan fingerprint density at radius 1 is 1.29 bits per heavy atom. The van der Waals surface area contributed by atoms with Crippen LogP contribution in [0, 0.1) is 0 Å². The van der Waals surface area contributed by atoms with E-state index in [4.69, 9.17) is 4.74 Å².